The number of rotatable bonds is 4. The van der Waals surface area contributed by atoms with Gasteiger partial charge in [0.2, 0.25) is 0 Å². The van der Waals surface area contributed by atoms with Crippen molar-refractivity contribution in [2.24, 2.45) is 0 Å². The number of fused-ring (bicyclic) bond motifs is 3. The van der Waals surface area contributed by atoms with Crippen LogP contribution >= 0.6 is 15.9 Å². The molecule has 0 atom stereocenters. The lowest BCUT2D eigenvalue weighted by atomic mass is 10.2. The summed E-state index contributed by atoms with van der Waals surface area (Å²) in [5.41, 5.74) is 2.53. The average Bonchev–Trinajstić information content (AvgIpc) is 3.11. The summed E-state index contributed by atoms with van der Waals surface area (Å²) < 4.78 is 13.8. The van der Waals surface area contributed by atoms with Crippen LogP contribution in [-0.2, 0) is 6.42 Å². The molecule has 0 aliphatic rings. The Morgan fingerprint density at radius 2 is 1.81 bits per heavy atom. The standard InChI is InChI=1S/C19H17BrN4O2/c1-4-17-21-14-10-16(26-3)15(25-2)9-13(14)19-23-22-18(24(17)19)11-6-5-7-12(20)8-11/h5-10H,4H2,1-3H3. The molecule has 2 aromatic heterocycles. The number of hydrogen-bond donors (Lipinski definition) is 0. The molecule has 7 heteroatoms. The average molecular weight is 413 g/mol. The minimum absolute atomic E-state index is 0.639. The van der Waals surface area contributed by atoms with Crippen LogP contribution in [0.15, 0.2) is 40.9 Å². The molecule has 4 aromatic rings. The molecule has 2 aromatic carbocycles. The molecule has 0 fully saturated rings. The van der Waals surface area contributed by atoms with Crippen LogP contribution in [0.1, 0.15) is 12.7 Å². The third-order valence-electron chi connectivity index (χ3n) is 4.31. The summed E-state index contributed by atoms with van der Waals surface area (Å²) in [5.74, 6) is 2.94. The highest BCUT2D eigenvalue weighted by molar-refractivity contribution is 9.10. The maximum Gasteiger partial charge on any atom is 0.172 e. The minimum atomic E-state index is 0.639. The van der Waals surface area contributed by atoms with Crippen LogP contribution in [0.2, 0.25) is 0 Å². The van der Waals surface area contributed by atoms with Gasteiger partial charge in [-0.1, -0.05) is 35.0 Å². The number of aromatic nitrogens is 4. The van der Waals surface area contributed by atoms with E-state index in [-0.39, 0.29) is 0 Å². The predicted octanol–water partition coefficient (Wildman–Crippen LogP) is 4.29. The summed E-state index contributed by atoms with van der Waals surface area (Å²) in [7, 11) is 3.23. The summed E-state index contributed by atoms with van der Waals surface area (Å²) in [5, 5.41) is 9.77. The van der Waals surface area contributed by atoms with Gasteiger partial charge in [0, 0.05) is 27.9 Å². The van der Waals surface area contributed by atoms with Crippen molar-refractivity contribution in [3.8, 4) is 22.9 Å². The Labute approximate surface area is 158 Å². The molecule has 0 aliphatic carbocycles. The number of benzene rings is 2. The fraction of sp³-hybridized carbons (Fsp3) is 0.211. The highest BCUT2D eigenvalue weighted by Crippen LogP contribution is 2.34. The van der Waals surface area contributed by atoms with Crippen LogP contribution in [0.5, 0.6) is 11.5 Å². The zero-order valence-corrected chi connectivity index (χ0v) is 16.2. The molecule has 0 radical (unpaired) electrons. The Balaban J connectivity index is 2.08. The molecule has 0 unspecified atom stereocenters. The van der Waals surface area contributed by atoms with Crippen molar-refractivity contribution in [1.82, 2.24) is 19.6 Å². The summed E-state index contributed by atoms with van der Waals surface area (Å²) >= 11 is 3.52. The topological polar surface area (TPSA) is 61.5 Å². The van der Waals surface area contributed by atoms with Crippen molar-refractivity contribution >= 4 is 32.5 Å². The van der Waals surface area contributed by atoms with Crippen LogP contribution in [0.3, 0.4) is 0 Å². The molecule has 26 heavy (non-hydrogen) atoms. The number of hydrogen-bond acceptors (Lipinski definition) is 5. The van der Waals surface area contributed by atoms with Gasteiger partial charge < -0.3 is 9.47 Å². The van der Waals surface area contributed by atoms with E-state index < -0.39 is 0 Å². The Hall–Kier alpha value is -2.67. The fourth-order valence-corrected chi connectivity index (χ4v) is 3.48. The van der Waals surface area contributed by atoms with Crippen molar-refractivity contribution in [1.29, 1.82) is 0 Å². The molecule has 4 rings (SSSR count). The largest absolute Gasteiger partial charge is 0.493 e. The molecule has 0 saturated carbocycles. The normalized spacial score (nSPS) is 11.2. The van der Waals surface area contributed by atoms with E-state index >= 15 is 0 Å². The van der Waals surface area contributed by atoms with E-state index in [4.69, 9.17) is 14.5 Å². The van der Waals surface area contributed by atoms with Crippen molar-refractivity contribution in [2.75, 3.05) is 14.2 Å². The van der Waals surface area contributed by atoms with E-state index in [0.717, 1.165) is 44.7 Å². The smallest absolute Gasteiger partial charge is 0.172 e. The van der Waals surface area contributed by atoms with Gasteiger partial charge in [0.1, 0.15) is 5.82 Å². The summed E-state index contributed by atoms with van der Waals surface area (Å²) in [6.07, 6.45) is 0.750. The lowest BCUT2D eigenvalue weighted by molar-refractivity contribution is 0.356. The zero-order valence-electron chi connectivity index (χ0n) is 14.7. The lowest BCUT2D eigenvalue weighted by Gasteiger charge is -2.12. The van der Waals surface area contributed by atoms with Gasteiger partial charge in [0.25, 0.3) is 0 Å². The van der Waals surface area contributed by atoms with E-state index in [1.54, 1.807) is 14.2 Å². The Morgan fingerprint density at radius 3 is 2.50 bits per heavy atom. The second-order valence-electron chi connectivity index (χ2n) is 5.80. The fourth-order valence-electron chi connectivity index (χ4n) is 3.08. The third kappa shape index (κ3) is 2.59. The molecule has 0 saturated heterocycles. The SMILES string of the molecule is CCc1nc2cc(OC)c(OC)cc2c2nnc(-c3cccc(Br)c3)n12. The predicted molar refractivity (Wildman–Crippen MR) is 104 cm³/mol. The van der Waals surface area contributed by atoms with Gasteiger partial charge in [-0.15, -0.1) is 10.2 Å². The molecule has 0 N–H and O–H groups in total. The van der Waals surface area contributed by atoms with E-state index in [1.807, 2.05) is 40.8 Å². The quantitative estimate of drug-likeness (QED) is 0.500. The summed E-state index contributed by atoms with van der Waals surface area (Å²) in [6.45, 7) is 2.07. The van der Waals surface area contributed by atoms with Crippen molar-refractivity contribution in [3.63, 3.8) is 0 Å². The molecular weight excluding hydrogens is 396 g/mol. The second-order valence-corrected chi connectivity index (χ2v) is 6.71. The van der Waals surface area contributed by atoms with Crippen molar-refractivity contribution in [3.05, 3.63) is 46.7 Å². The first kappa shape index (κ1) is 16.8. The van der Waals surface area contributed by atoms with Crippen molar-refractivity contribution < 1.29 is 9.47 Å². The van der Waals surface area contributed by atoms with Gasteiger partial charge >= 0.3 is 0 Å². The Morgan fingerprint density at radius 1 is 1.04 bits per heavy atom. The van der Waals surface area contributed by atoms with Crippen LogP contribution in [-0.4, -0.2) is 33.8 Å². The van der Waals surface area contributed by atoms with E-state index in [1.165, 1.54) is 0 Å². The maximum atomic E-state index is 5.44. The zero-order chi connectivity index (χ0) is 18.3. The number of halogens is 1. The monoisotopic (exact) mass is 412 g/mol. The molecule has 6 nitrogen and oxygen atoms in total. The Bertz CT molecular complexity index is 1120. The number of aryl methyl sites for hydroxylation is 1. The first-order valence-electron chi connectivity index (χ1n) is 8.22. The van der Waals surface area contributed by atoms with Gasteiger partial charge in [-0.2, -0.15) is 0 Å². The highest BCUT2D eigenvalue weighted by atomic mass is 79.9. The third-order valence-corrected chi connectivity index (χ3v) is 4.81. The van der Waals surface area contributed by atoms with Gasteiger partial charge in [0.05, 0.1) is 19.7 Å². The lowest BCUT2D eigenvalue weighted by Crippen LogP contribution is -2.03. The maximum absolute atomic E-state index is 5.44. The minimum Gasteiger partial charge on any atom is -0.493 e. The Kier molecular flexibility index (Phi) is 4.24. The number of ether oxygens (including phenoxy) is 2. The van der Waals surface area contributed by atoms with E-state index in [0.29, 0.717) is 11.5 Å². The van der Waals surface area contributed by atoms with E-state index in [9.17, 15) is 0 Å². The summed E-state index contributed by atoms with van der Waals surface area (Å²) in [6, 6.07) is 11.8. The molecule has 0 spiro atoms. The van der Waals surface area contributed by atoms with Crippen LogP contribution in [0, 0.1) is 0 Å². The molecule has 0 bridgehead atoms. The van der Waals surface area contributed by atoms with Crippen LogP contribution in [0.25, 0.3) is 27.9 Å². The molecular formula is C19H17BrN4O2. The second kappa shape index (κ2) is 6.57. The van der Waals surface area contributed by atoms with Crippen LogP contribution < -0.4 is 9.47 Å². The van der Waals surface area contributed by atoms with Crippen molar-refractivity contribution in [2.45, 2.75) is 13.3 Å². The highest BCUT2D eigenvalue weighted by Gasteiger charge is 2.18. The van der Waals surface area contributed by atoms with Gasteiger partial charge in [-0.25, -0.2) is 4.98 Å². The molecule has 0 amide bonds. The van der Waals surface area contributed by atoms with Crippen LogP contribution in [0.4, 0.5) is 0 Å². The molecule has 132 valence electrons. The molecule has 2 heterocycles. The number of methoxy groups -OCH3 is 2. The first-order valence-corrected chi connectivity index (χ1v) is 9.01. The van der Waals surface area contributed by atoms with Gasteiger partial charge in [-0.3, -0.25) is 4.40 Å². The summed E-state index contributed by atoms with van der Waals surface area (Å²) in [4.78, 5) is 4.82. The van der Waals surface area contributed by atoms with E-state index in [2.05, 4.69) is 33.1 Å². The molecule has 0 aliphatic heterocycles. The van der Waals surface area contributed by atoms with Gasteiger partial charge in [-0.05, 0) is 18.2 Å². The van der Waals surface area contributed by atoms with Gasteiger partial charge in [0.15, 0.2) is 23.0 Å². The number of nitrogens with zero attached hydrogens (tertiary/aromatic N) is 4. The first-order chi connectivity index (χ1) is 12.7.